The first-order valence-electron chi connectivity index (χ1n) is 10.2. The van der Waals surface area contributed by atoms with Gasteiger partial charge < -0.3 is 9.15 Å². The van der Waals surface area contributed by atoms with Gasteiger partial charge in [0.15, 0.2) is 0 Å². The quantitative estimate of drug-likeness (QED) is 0.428. The molecule has 4 rings (SSSR count). The molecule has 1 aliphatic rings. The van der Waals surface area contributed by atoms with Crippen molar-refractivity contribution >= 4 is 29.1 Å². The summed E-state index contributed by atoms with van der Waals surface area (Å²) in [6.45, 7) is 3.73. The molecule has 7 heteroatoms. The summed E-state index contributed by atoms with van der Waals surface area (Å²) in [7, 11) is 0. The molecule has 0 radical (unpaired) electrons. The number of thioether (sulfide) groups is 1. The van der Waals surface area contributed by atoms with Crippen molar-refractivity contribution in [1.29, 1.82) is 0 Å². The van der Waals surface area contributed by atoms with Gasteiger partial charge in [-0.1, -0.05) is 30.3 Å². The van der Waals surface area contributed by atoms with Gasteiger partial charge in [-0.15, -0.1) is 11.8 Å². The number of carbonyl (C=O) groups is 2. The van der Waals surface area contributed by atoms with E-state index >= 15 is 0 Å². The number of amides is 2. The Morgan fingerprint density at radius 2 is 1.75 bits per heavy atom. The van der Waals surface area contributed by atoms with E-state index in [2.05, 4.69) is 0 Å². The summed E-state index contributed by atoms with van der Waals surface area (Å²) in [5, 5.41) is 0. The SMILES string of the molecule is CC(C)Oc1ccc(C2=C(SCc3ccco3)C(=O)N(Cc3ccccc3F)C2=O)cc1. The van der Waals surface area contributed by atoms with Crippen molar-refractivity contribution in [3.8, 4) is 5.75 Å². The monoisotopic (exact) mass is 451 g/mol. The highest BCUT2D eigenvalue weighted by Gasteiger charge is 2.39. The summed E-state index contributed by atoms with van der Waals surface area (Å²) in [4.78, 5) is 28.0. The maximum Gasteiger partial charge on any atom is 0.268 e. The van der Waals surface area contributed by atoms with Crippen LogP contribution >= 0.6 is 11.8 Å². The van der Waals surface area contributed by atoms with Gasteiger partial charge in [-0.2, -0.15) is 0 Å². The van der Waals surface area contributed by atoms with Crippen molar-refractivity contribution < 1.29 is 23.1 Å². The van der Waals surface area contributed by atoms with E-state index in [1.165, 1.54) is 17.8 Å². The molecule has 1 aliphatic heterocycles. The van der Waals surface area contributed by atoms with Gasteiger partial charge in [-0.3, -0.25) is 14.5 Å². The Labute approximate surface area is 189 Å². The molecule has 1 aromatic heterocycles. The number of hydrogen-bond acceptors (Lipinski definition) is 5. The normalized spacial score (nSPS) is 14.1. The fourth-order valence-electron chi connectivity index (χ4n) is 3.39. The minimum atomic E-state index is -0.457. The van der Waals surface area contributed by atoms with E-state index in [0.29, 0.717) is 33.3 Å². The predicted octanol–water partition coefficient (Wildman–Crippen LogP) is 5.42. The highest BCUT2D eigenvalue weighted by atomic mass is 32.2. The fraction of sp³-hybridized carbons (Fsp3) is 0.200. The molecule has 0 atom stereocenters. The number of imide groups is 1. The molecule has 0 saturated heterocycles. The van der Waals surface area contributed by atoms with E-state index in [-0.39, 0.29) is 18.2 Å². The molecular weight excluding hydrogens is 429 g/mol. The first-order valence-corrected chi connectivity index (χ1v) is 11.2. The topological polar surface area (TPSA) is 59.8 Å². The zero-order valence-electron chi connectivity index (χ0n) is 17.7. The van der Waals surface area contributed by atoms with E-state index in [1.54, 1.807) is 54.8 Å². The standard InChI is InChI=1S/C25H22FNO4S/c1-16(2)31-19-11-9-17(10-12-19)22-23(32-15-20-7-5-13-30-20)25(29)27(24(22)28)14-18-6-3-4-8-21(18)26/h3-13,16H,14-15H2,1-2H3. The maximum absolute atomic E-state index is 14.2. The minimum Gasteiger partial charge on any atom is -0.491 e. The largest absolute Gasteiger partial charge is 0.491 e. The third-order valence-corrected chi connectivity index (χ3v) is 5.96. The molecule has 3 aromatic rings. The second-order valence-corrected chi connectivity index (χ2v) is 8.54. The van der Waals surface area contributed by atoms with Crippen LogP contribution in [0, 0.1) is 5.82 Å². The number of halogens is 1. The molecule has 5 nitrogen and oxygen atoms in total. The Morgan fingerprint density at radius 3 is 2.41 bits per heavy atom. The highest BCUT2D eigenvalue weighted by Crippen LogP contribution is 2.38. The Bertz CT molecular complexity index is 1150. The van der Waals surface area contributed by atoms with Gasteiger partial charge in [0.2, 0.25) is 0 Å². The third kappa shape index (κ3) is 4.62. The van der Waals surface area contributed by atoms with Crippen LogP contribution in [-0.4, -0.2) is 22.8 Å². The lowest BCUT2D eigenvalue weighted by Crippen LogP contribution is -2.31. The summed E-state index contributed by atoms with van der Waals surface area (Å²) in [6, 6.07) is 16.8. The Kier molecular flexibility index (Phi) is 6.46. The second-order valence-electron chi connectivity index (χ2n) is 7.55. The minimum absolute atomic E-state index is 0.0189. The number of hydrogen-bond donors (Lipinski definition) is 0. The van der Waals surface area contributed by atoms with Crippen LogP contribution in [0.1, 0.15) is 30.7 Å². The molecule has 0 saturated carbocycles. The molecule has 0 N–H and O–H groups in total. The van der Waals surface area contributed by atoms with Crippen LogP contribution in [0.5, 0.6) is 5.75 Å². The van der Waals surface area contributed by atoms with Crippen LogP contribution in [0.25, 0.3) is 5.57 Å². The Morgan fingerprint density at radius 1 is 1.00 bits per heavy atom. The van der Waals surface area contributed by atoms with Gasteiger partial charge in [-0.25, -0.2) is 4.39 Å². The highest BCUT2D eigenvalue weighted by molar-refractivity contribution is 8.03. The Hall–Kier alpha value is -3.32. The summed E-state index contributed by atoms with van der Waals surface area (Å²) < 4.78 is 25.2. The zero-order valence-corrected chi connectivity index (χ0v) is 18.5. The summed E-state index contributed by atoms with van der Waals surface area (Å²) in [6.07, 6.45) is 1.58. The number of furan rings is 1. The smallest absolute Gasteiger partial charge is 0.268 e. The number of rotatable bonds is 8. The average molecular weight is 452 g/mol. The van der Waals surface area contributed by atoms with E-state index in [4.69, 9.17) is 9.15 Å². The van der Waals surface area contributed by atoms with Gasteiger partial charge in [0, 0.05) is 5.56 Å². The Balaban J connectivity index is 1.66. The lowest BCUT2D eigenvalue weighted by atomic mass is 10.1. The maximum atomic E-state index is 14.2. The number of ether oxygens (including phenoxy) is 1. The van der Waals surface area contributed by atoms with Crippen LogP contribution in [0.4, 0.5) is 4.39 Å². The van der Waals surface area contributed by atoms with Crippen molar-refractivity contribution in [2.24, 2.45) is 0 Å². The van der Waals surface area contributed by atoms with E-state index < -0.39 is 17.6 Å². The first-order chi connectivity index (χ1) is 15.4. The van der Waals surface area contributed by atoms with Crippen LogP contribution in [0.3, 0.4) is 0 Å². The zero-order chi connectivity index (χ0) is 22.7. The van der Waals surface area contributed by atoms with Crippen molar-refractivity contribution in [2.45, 2.75) is 32.2 Å². The molecule has 0 aliphatic carbocycles. The van der Waals surface area contributed by atoms with E-state index in [1.807, 2.05) is 19.9 Å². The van der Waals surface area contributed by atoms with Crippen LogP contribution in [0.2, 0.25) is 0 Å². The van der Waals surface area contributed by atoms with Gasteiger partial charge in [0.05, 0.1) is 35.1 Å². The number of nitrogens with zero attached hydrogens (tertiary/aromatic N) is 1. The van der Waals surface area contributed by atoms with E-state index in [9.17, 15) is 14.0 Å². The third-order valence-electron chi connectivity index (χ3n) is 4.87. The van der Waals surface area contributed by atoms with Gasteiger partial charge in [-0.05, 0) is 49.7 Å². The molecule has 0 unspecified atom stereocenters. The van der Waals surface area contributed by atoms with Crippen LogP contribution < -0.4 is 4.74 Å². The van der Waals surface area contributed by atoms with Crippen LogP contribution in [0.15, 0.2) is 76.2 Å². The molecule has 164 valence electrons. The molecule has 0 fully saturated rings. The lowest BCUT2D eigenvalue weighted by molar-refractivity contribution is -0.137. The van der Waals surface area contributed by atoms with Gasteiger partial charge in [0.1, 0.15) is 17.3 Å². The molecular formula is C25H22FNO4S. The second kappa shape index (κ2) is 9.44. The van der Waals surface area contributed by atoms with Crippen molar-refractivity contribution in [3.63, 3.8) is 0 Å². The average Bonchev–Trinajstić information content (AvgIpc) is 3.36. The van der Waals surface area contributed by atoms with Gasteiger partial charge in [0.25, 0.3) is 11.8 Å². The predicted molar refractivity (Wildman–Crippen MR) is 121 cm³/mol. The summed E-state index contributed by atoms with van der Waals surface area (Å²) in [5.74, 6) is 0.420. The van der Waals surface area contributed by atoms with Crippen molar-refractivity contribution in [3.05, 3.63) is 94.5 Å². The summed E-state index contributed by atoms with van der Waals surface area (Å²) >= 11 is 1.24. The van der Waals surface area contributed by atoms with E-state index in [0.717, 1.165) is 4.90 Å². The van der Waals surface area contributed by atoms with Crippen molar-refractivity contribution in [1.82, 2.24) is 4.90 Å². The molecule has 0 spiro atoms. The molecule has 2 aromatic carbocycles. The lowest BCUT2D eigenvalue weighted by Gasteiger charge is -2.16. The fourth-order valence-corrected chi connectivity index (χ4v) is 4.43. The molecule has 2 heterocycles. The van der Waals surface area contributed by atoms with Gasteiger partial charge >= 0.3 is 0 Å². The summed E-state index contributed by atoms with van der Waals surface area (Å²) in [5.41, 5.74) is 1.20. The molecule has 2 amide bonds. The molecule has 32 heavy (non-hydrogen) atoms. The first kappa shape index (κ1) is 21.9. The number of carbonyl (C=O) groups excluding carboxylic acids is 2. The van der Waals surface area contributed by atoms with Crippen LogP contribution in [-0.2, 0) is 21.9 Å². The number of benzene rings is 2. The van der Waals surface area contributed by atoms with Crippen molar-refractivity contribution in [2.75, 3.05) is 0 Å². The molecule has 0 bridgehead atoms.